The molecule has 1 aromatic carbocycles. The number of hydrogen-bond donors (Lipinski definition) is 1. The predicted molar refractivity (Wildman–Crippen MR) is 96.5 cm³/mol. The van der Waals surface area contributed by atoms with Crippen LogP contribution in [0.5, 0.6) is 5.75 Å². The van der Waals surface area contributed by atoms with E-state index >= 15 is 0 Å². The summed E-state index contributed by atoms with van der Waals surface area (Å²) in [6.45, 7) is 0.103. The van der Waals surface area contributed by atoms with Crippen molar-refractivity contribution in [3.05, 3.63) is 41.2 Å². The monoisotopic (exact) mass is 354 g/mol. The highest BCUT2D eigenvalue weighted by molar-refractivity contribution is 6.03. The first-order valence-electron chi connectivity index (χ1n) is 8.91. The van der Waals surface area contributed by atoms with Gasteiger partial charge in [-0.2, -0.15) is 5.10 Å². The Bertz CT molecular complexity index is 874. The average molecular weight is 354 g/mol. The maximum Gasteiger partial charge on any atom is 0.270 e. The molecule has 2 aromatic rings. The Morgan fingerprint density at radius 1 is 1.23 bits per heavy atom. The Balaban J connectivity index is 1.57. The first-order chi connectivity index (χ1) is 12.6. The van der Waals surface area contributed by atoms with Crippen LogP contribution in [0.4, 0.5) is 5.69 Å². The van der Waals surface area contributed by atoms with Crippen LogP contribution in [0.15, 0.2) is 24.3 Å². The van der Waals surface area contributed by atoms with Crippen LogP contribution < -0.4 is 15.0 Å². The number of nitrogens with one attached hydrogen (secondary N) is 1. The van der Waals surface area contributed by atoms with Gasteiger partial charge in [0.1, 0.15) is 24.1 Å². The maximum absolute atomic E-state index is 12.9. The van der Waals surface area contributed by atoms with Crippen molar-refractivity contribution >= 4 is 17.5 Å². The van der Waals surface area contributed by atoms with Crippen molar-refractivity contribution in [3.63, 3.8) is 0 Å². The van der Waals surface area contributed by atoms with E-state index in [0.717, 1.165) is 36.9 Å². The highest BCUT2D eigenvalue weighted by Crippen LogP contribution is 2.30. The molecule has 0 fully saturated rings. The average Bonchev–Trinajstić information content (AvgIpc) is 2.94. The van der Waals surface area contributed by atoms with E-state index in [1.165, 1.54) is 4.90 Å². The number of likely N-dealkylation sites (N-methyl/N-ethyl adjacent to an activating group) is 1. The summed E-state index contributed by atoms with van der Waals surface area (Å²) in [5.74, 6) is 0.168. The molecule has 1 N–H and O–H groups in total. The second-order valence-electron chi connectivity index (χ2n) is 6.81. The minimum Gasteiger partial charge on any atom is -0.489 e. The fourth-order valence-electron chi connectivity index (χ4n) is 3.75. The number of ether oxygens (including phenoxy) is 1. The molecule has 0 radical (unpaired) electrons. The summed E-state index contributed by atoms with van der Waals surface area (Å²) < 4.78 is 7.39. The molecule has 26 heavy (non-hydrogen) atoms. The number of aryl methyl sites for hydroxylation is 2. The maximum atomic E-state index is 12.9. The van der Waals surface area contributed by atoms with Gasteiger partial charge in [0.2, 0.25) is 0 Å². The molecular formula is C19H22N4O3. The number of aromatic nitrogens is 2. The summed E-state index contributed by atoms with van der Waals surface area (Å²) in [6, 6.07) is 6.62. The van der Waals surface area contributed by atoms with E-state index in [-0.39, 0.29) is 18.4 Å². The van der Waals surface area contributed by atoms with E-state index in [1.54, 1.807) is 18.8 Å². The number of hydrogen-bond acceptors (Lipinski definition) is 4. The molecule has 7 heteroatoms. The molecule has 0 spiro atoms. The number of carbonyl (C=O) groups excluding carboxylic acids is 2. The van der Waals surface area contributed by atoms with Crippen LogP contribution in [0.3, 0.4) is 0 Å². The summed E-state index contributed by atoms with van der Waals surface area (Å²) in [6.07, 6.45) is 3.91. The Morgan fingerprint density at radius 3 is 2.85 bits per heavy atom. The van der Waals surface area contributed by atoms with Crippen LogP contribution in [0.25, 0.3) is 0 Å². The molecule has 7 nitrogen and oxygen atoms in total. The Hall–Kier alpha value is -2.83. The third-order valence-electron chi connectivity index (χ3n) is 5.10. The van der Waals surface area contributed by atoms with Gasteiger partial charge in [-0.05, 0) is 37.8 Å². The summed E-state index contributed by atoms with van der Waals surface area (Å²) in [5.41, 5.74) is 3.26. The quantitative estimate of drug-likeness (QED) is 0.886. The first-order valence-corrected chi connectivity index (χ1v) is 8.91. The van der Waals surface area contributed by atoms with Gasteiger partial charge in [-0.3, -0.25) is 14.3 Å². The van der Waals surface area contributed by atoms with E-state index in [9.17, 15) is 9.59 Å². The minimum absolute atomic E-state index is 0.103. The molecule has 136 valence electrons. The fraction of sp³-hybridized carbons (Fsp3) is 0.421. The third-order valence-corrected chi connectivity index (χ3v) is 5.10. The van der Waals surface area contributed by atoms with Crippen molar-refractivity contribution in [1.82, 2.24) is 15.1 Å². The lowest BCUT2D eigenvalue weighted by Crippen LogP contribution is -2.49. The van der Waals surface area contributed by atoms with Crippen LogP contribution in [0.1, 0.15) is 34.6 Å². The smallest absolute Gasteiger partial charge is 0.270 e. The molecule has 0 bridgehead atoms. The first kappa shape index (κ1) is 16.6. The SMILES string of the molecule is CN1C(=O)[C@@H](NC(=O)c2c3c(nn2C)CCCC3)COc2ccccc21. The zero-order chi connectivity index (χ0) is 18.3. The van der Waals surface area contributed by atoms with Gasteiger partial charge in [0.25, 0.3) is 11.8 Å². The van der Waals surface area contributed by atoms with Gasteiger partial charge in [-0.25, -0.2) is 0 Å². The van der Waals surface area contributed by atoms with E-state index in [1.807, 2.05) is 24.3 Å². The van der Waals surface area contributed by atoms with Gasteiger partial charge in [-0.15, -0.1) is 0 Å². The number of nitrogens with zero attached hydrogens (tertiary/aromatic N) is 3. The molecule has 0 saturated carbocycles. The van der Waals surface area contributed by atoms with Crippen molar-refractivity contribution < 1.29 is 14.3 Å². The van der Waals surface area contributed by atoms with Crippen LogP contribution in [-0.4, -0.2) is 41.3 Å². The van der Waals surface area contributed by atoms with E-state index < -0.39 is 6.04 Å². The Labute approximate surface area is 151 Å². The largest absolute Gasteiger partial charge is 0.489 e. The fourth-order valence-corrected chi connectivity index (χ4v) is 3.75. The molecule has 1 aromatic heterocycles. The lowest BCUT2D eigenvalue weighted by molar-refractivity contribution is -0.120. The van der Waals surface area contributed by atoms with Gasteiger partial charge < -0.3 is 15.0 Å². The molecule has 0 unspecified atom stereocenters. The van der Waals surface area contributed by atoms with Crippen molar-refractivity contribution in [2.24, 2.45) is 7.05 Å². The molecule has 2 aliphatic rings. The molecule has 2 heterocycles. The van der Waals surface area contributed by atoms with Gasteiger partial charge in [0.05, 0.1) is 11.4 Å². The molecular weight excluding hydrogens is 332 g/mol. The van der Waals surface area contributed by atoms with Crippen LogP contribution in [-0.2, 0) is 24.7 Å². The third kappa shape index (κ3) is 2.73. The van der Waals surface area contributed by atoms with Crippen molar-refractivity contribution in [2.45, 2.75) is 31.7 Å². The molecule has 1 aliphatic heterocycles. The molecule has 2 amide bonds. The van der Waals surface area contributed by atoms with Crippen molar-refractivity contribution in [1.29, 1.82) is 0 Å². The lowest BCUT2D eigenvalue weighted by Gasteiger charge is -2.20. The van der Waals surface area contributed by atoms with E-state index in [4.69, 9.17) is 4.74 Å². The Kier molecular flexibility index (Phi) is 4.14. The van der Waals surface area contributed by atoms with Gasteiger partial charge in [0.15, 0.2) is 0 Å². The van der Waals surface area contributed by atoms with Crippen LogP contribution >= 0.6 is 0 Å². The zero-order valence-electron chi connectivity index (χ0n) is 15.0. The van der Waals surface area contributed by atoms with Crippen LogP contribution in [0.2, 0.25) is 0 Å². The highest BCUT2D eigenvalue weighted by atomic mass is 16.5. The van der Waals surface area contributed by atoms with Crippen molar-refractivity contribution in [3.8, 4) is 5.75 Å². The summed E-state index contributed by atoms with van der Waals surface area (Å²) in [5, 5.41) is 7.33. The molecule has 1 atom stereocenters. The summed E-state index contributed by atoms with van der Waals surface area (Å²) >= 11 is 0. The number of benzene rings is 1. The minimum atomic E-state index is -0.742. The van der Waals surface area contributed by atoms with E-state index in [2.05, 4.69) is 10.4 Å². The number of para-hydroxylation sites is 2. The number of carbonyl (C=O) groups is 2. The second kappa shape index (κ2) is 6.48. The standard InChI is InChI=1S/C19H22N4O3/c1-22-15-9-5-6-10-16(15)26-11-14(19(22)25)20-18(24)17-12-7-3-4-8-13(12)21-23(17)2/h5-6,9-10,14H,3-4,7-8,11H2,1-2H3,(H,20,24)/t14-/m0/s1. The lowest BCUT2D eigenvalue weighted by atomic mass is 9.95. The van der Waals surface area contributed by atoms with Crippen LogP contribution in [0, 0.1) is 0 Å². The Morgan fingerprint density at radius 2 is 2.00 bits per heavy atom. The van der Waals surface area contributed by atoms with Crippen molar-refractivity contribution in [2.75, 3.05) is 18.6 Å². The predicted octanol–water partition coefficient (Wildman–Crippen LogP) is 1.45. The van der Waals surface area contributed by atoms with Gasteiger partial charge in [0, 0.05) is 19.7 Å². The topological polar surface area (TPSA) is 76.5 Å². The van der Waals surface area contributed by atoms with E-state index in [0.29, 0.717) is 17.1 Å². The number of fused-ring (bicyclic) bond motifs is 2. The molecule has 1 aliphatic carbocycles. The molecule has 0 saturated heterocycles. The summed E-state index contributed by atoms with van der Waals surface area (Å²) in [7, 11) is 3.47. The second-order valence-corrected chi connectivity index (χ2v) is 6.81. The number of rotatable bonds is 2. The number of amides is 2. The summed E-state index contributed by atoms with van der Waals surface area (Å²) in [4.78, 5) is 27.2. The highest BCUT2D eigenvalue weighted by Gasteiger charge is 2.32. The zero-order valence-corrected chi connectivity index (χ0v) is 15.0. The molecule has 4 rings (SSSR count). The number of anilines is 1. The van der Waals surface area contributed by atoms with Gasteiger partial charge in [-0.1, -0.05) is 12.1 Å². The van der Waals surface area contributed by atoms with Gasteiger partial charge >= 0.3 is 0 Å². The normalized spacial score (nSPS) is 19.2.